The van der Waals surface area contributed by atoms with Crippen molar-refractivity contribution in [3.05, 3.63) is 78.0 Å². The number of pyridine rings is 1. The zero-order valence-electron chi connectivity index (χ0n) is 16.1. The number of rotatable bonds is 5. The van der Waals surface area contributed by atoms with Crippen molar-refractivity contribution in [3.8, 4) is 0 Å². The van der Waals surface area contributed by atoms with Crippen LogP contribution in [-0.4, -0.2) is 23.3 Å². The van der Waals surface area contributed by atoms with Gasteiger partial charge >= 0.3 is 0 Å². The summed E-state index contributed by atoms with van der Waals surface area (Å²) in [6.07, 6.45) is 2.87. The average Bonchev–Trinajstić information content (AvgIpc) is 2.87. The molecular formula is C23H21N3O2S. The fraction of sp³-hybridized carbons (Fsp3) is 0.174. The van der Waals surface area contributed by atoms with E-state index in [2.05, 4.69) is 17.2 Å². The molecule has 146 valence electrons. The van der Waals surface area contributed by atoms with Crippen LogP contribution in [0.1, 0.15) is 29.3 Å². The van der Waals surface area contributed by atoms with Gasteiger partial charge in [-0.3, -0.25) is 9.59 Å². The van der Waals surface area contributed by atoms with Gasteiger partial charge in [0.1, 0.15) is 5.03 Å². The fourth-order valence-corrected chi connectivity index (χ4v) is 4.26. The van der Waals surface area contributed by atoms with E-state index in [1.165, 1.54) is 17.3 Å². The summed E-state index contributed by atoms with van der Waals surface area (Å²) in [6.45, 7) is 2.38. The number of nitrogens with zero attached hydrogens (tertiary/aromatic N) is 2. The van der Waals surface area contributed by atoms with Crippen LogP contribution in [0.4, 0.5) is 11.4 Å². The molecule has 0 atom stereocenters. The molecule has 1 aliphatic rings. The number of hydrogen-bond donors (Lipinski definition) is 1. The maximum Gasteiger partial charge on any atom is 0.259 e. The van der Waals surface area contributed by atoms with E-state index in [1.807, 2.05) is 60.7 Å². The summed E-state index contributed by atoms with van der Waals surface area (Å²) < 4.78 is 0. The number of carbonyl (C=O) groups is 2. The molecule has 6 heteroatoms. The summed E-state index contributed by atoms with van der Waals surface area (Å²) in [6, 6.07) is 19.0. The molecular weight excluding hydrogens is 382 g/mol. The molecule has 2 amide bonds. The summed E-state index contributed by atoms with van der Waals surface area (Å²) in [5, 5.41) is 3.67. The van der Waals surface area contributed by atoms with Gasteiger partial charge in [-0.25, -0.2) is 4.98 Å². The summed E-state index contributed by atoms with van der Waals surface area (Å²) in [5.41, 5.74) is 3.35. The molecule has 0 bridgehead atoms. The molecule has 0 saturated carbocycles. The molecule has 1 aliphatic heterocycles. The lowest BCUT2D eigenvalue weighted by molar-refractivity contribution is -0.116. The topological polar surface area (TPSA) is 62.3 Å². The summed E-state index contributed by atoms with van der Waals surface area (Å²) in [7, 11) is 0. The van der Waals surface area contributed by atoms with Crippen molar-refractivity contribution in [2.45, 2.75) is 29.7 Å². The first-order chi connectivity index (χ1) is 14.2. The summed E-state index contributed by atoms with van der Waals surface area (Å²) >= 11 is 1.48. The second-order valence-corrected chi connectivity index (χ2v) is 7.76. The van der Waals surface area contributed by atoms with Gasteiger partial charge in [0.15, 0.2) is 0 Å². The predicted octanol–water partition coefficient (Wildman–Crippen LogP) is 4.78. The Labute approximate surface area is 174 Å². The van der Waals surface area contributed by atoms with Gasteiger partial charge in [-0.1, -0.05) is 43.0 Å². The molecule has 4 rings (SSSR count). The molecule has 0 aliphatic carbocycles. The van der Waals surface area contributed by atoms with Gasteiger partial charge in [-0.05, 0) is 48.4 Å². The van der Waals surface area contributed by atoms with Crippen molar-refractivity contribution in [3.63, 3.8) is 0 Å². The smallest absolute Gasteiger partial charge is 0.259 e. The van der Waals surface area contributed by atoms with Crippen molar-refractivity contribution in [2.24, 2.45) is 0 Å². The molecule has 29 heavy (non-hydrogen) atoms. The number of fused-ring (bicyclic) bond motifs is 2. The highest BCUT2D eigenvalue weighted by Crippen LogP contribution is 2.39. The molecule has 0 saturated heterocycles. The molecule has 0 radical (unpaired) electrons. The number of carbonyl (C=O) groups excluding carboxylic acids is 2. The van der Waals surface area contributed by atoms with Crippen molar-refractivity contribution >= 4 is 35.0 Å². The highest BCUT2D eigenvalue weighted by Gasteiger charge is 2.28. The molecule has 2 aromatic carbocycles. The van der Waals surface area contributed by atoms with Gasteiger partial charge < -0.3 is 10.2 Å². The Bertz CT molecular complexity index is 1050. The summed E-state index contributed by atoms with van der Waals surface area (Å²) in [4.78, 5) is 32.7. The first-order valence-corrected chi connectivity index (χ1v) is 10.4. The quantitative estimate of drug-likeness (QED) is 0.666. The Kier molecular flexibility index (Phi) is 5.62. The van der Waals surface area contributed by atoms with E-state index in [9.17, 15) is 9.59 Å². The lowest BCUT2D eigenvalue weighted by atomic mass is 10.1. The van der Waals surface area contributed by atoms with Crippen molar-refractivity contribution in [2.75, 3.05) is 16.8 Å². The number of amides is 2. The van der Waals surface area contributed by atoms with E-state index < -0.39 is 0 Å². The maximum atomic E-state index is 13.2. The normalized spacial score (nSPS) is 12.7. The number of nitrogens with one attached hydrogen (secondary N) is 1. The Morgan fingerprint density at radius 1 is 1.07 bits per heavy atom. The van der Waals surface area contributed by atoms with Gasteiger partial charge in [-0.2, -0.15) is 0 Å². The first kappa shape index (κ1) is 19.2. The van der Waals surface area contributed by atoms with Crippen LogP contribution in [0.25, 0.3) is 0 Å². The van der Waals surface area contributed by atoms with E-state index >= 15 is 0 Å². The standard InChI is InChI=1S/C23H21N3O2S/c1-2-16-9-11-17(12-10-16)25-21(27)13-15-26-19-7-5-14-24-22(19)29-20-8-4-3-6-18(20)23(26)28/h3-12,14H,2,13,15H2,1H3,(H,25,27). The Morgan fingerprint density at radius 3 is 2.66 bits per heavy atom. The first-order valence-electron chi connectivity index (χ1n) is 9.58. The van der Waals surface area contributed by atoms with Crippen LogP contribution in [0.5, 0.6) is 0 Å². The van der Waals surface area contributed by atoms with Crippen LogP contribution < -0.4 is 10.2 Å². The Morgan fingerprint density at radius 2 is 1.86 bits per heavy atom. The van der Waals surface area contributed by atoms with E-state index in [1.54, 1.807) is 11.1 Å². The van der Waals surface area contributed by atoms with Gasteiger partial charge in [0.05, 0.1) is 11.3 Å². The Hall–Kier alpha value is -3.12. The monoisotopic (exact) mass is 403 g/mol. The number of hydrogen-bond acceptors (Lipinski definition) is 4. The highest BCUT2D eigenvalue weighted by atomic mass is 32.2. The van der Waals surface area contributed by atoms with Crippen LogP contribution in [-0.2, 0) is 11.2 Å². The molecule has 3 aromatic rings. The zero-order valence-corrected chi connectivity index (χ0v) is 16.9. The number of anilines is 2. The maximum absolute atomic E-state index is 13.2. The molecule has 5 nitrogen and oxygen atoms in total. The molecule has 0 unspecified atom stereocenters. The molecule has 2 heterocycles. The van der Waals surface area contributed by atoms with E-state index in [-0.39, 0.29) is 24.8 Å². The molecule has 0 spiro atoms. The molecule has 0 fully saturated rings. The minimum absolute atomic E-state index is 0.111. The average molecular weight is 404 g/mol. The molecule has 1 aromatic heterocycles. The zero-order chi connectivity index (χ0) is 20.2. The second-order valence-electron chi connectivity index (χ2n) is 6.73. The van der Waals surface area contributed by atoms with E-state index in [0.29, 0.717) is 5.56 Å². The lowest BCUT2D eigenvalue weighted by Crippen LogP contribution is -2.34. The number of aryl methyl sites for hydroxylation is 1. The number of aromatic nitrogens is 1. The third kappa shape index (κ3) is 4.17. The van der Waals surface area contributed by atoms with Crippen LogP contribution in [0.3, 0.4) is 0 Å². The predicted molar refractivity (Wildman–Crippen MR) is 116 cm³/mol. The van der Waals surface area contributed by atoms with Crippen LogP contribution >= 0.6 is 11.8 Å². The number of benzene rings is 2. The third-order valence-corrected chi connectivity index (χ3v) is 5.90. The van der Waals surface area contributed by atoms with Crippen LogP contribution in [0.15, 0.2) is 76.8 Å². The highest BCUT2D eigenvalue weighted by molar-refractivity contribution is 7.99. The van der Waals surface area contributed by atoms with Crippen molar-refractivity contribution < 1.29 is 9.59 Å². The van der Waals surface area contributed by atoms with Gasteiger partial charge in [0.25, 0.3) is 5.91 Å². The minimum atomic E-state index is -0.127. The van der Waals surface area contributed by atoms with Crippen LogP contribution in [0.2, 0.25) is 0 Å². The lowest BCUT2D eigenvalue weighted by Gasteiger charge is -2.22. The van der Waals surface area contributed by atoms with Gasteiger partial charge in [0.2, 0.25) is 5.91 Å². The van der Waals surface area contributed by atoms with Crippen molar-refractivity contribution in [1.82, 2.24) is 4.98 Å². The minimum Gasteiger partial charge on any atom is -0.326 e. The summed E-state index contributed by atoms with van der Waals surface area (Å²) in [5.74, 6) is -0.238. The Balaban J connectivity index is 1.52. The molecule has 1 N–H and O–H groups in total. The van der Waals surface area contributed by atoms with Gasteiger partial charge in [0, 0.05) is 29.7 Å². The van der Waals surface area contributed by atoms with Crippen molar-refractivity contribution in [1.29, 1.82) is 0 Å². The third-order valence-electron chi connectivity index (χ3n) is 4.82. The van der Waals surface area contributed by atoms with E-state index in [0.717, 1.165) is 27.7 Å². The van der Waals surface area contributed by atoms with Gasteiger partial charge in [-0.15, -0.1) is 0 Å². The van der Waals surface area contributed by atoms with Crippen LogP contribution in [0, 0.1) is 0 Å². The fourth-order valence-electron chi connectivity index (χ4n) is 3.24. The van der Waals surface area contributed by atoms with E-state index in [4.69, 9.17) is 0 Å². The second kappa shape index (κ2) is 8.49. The SMILES string of the molecule is CCc1ccc(NC(=O)CCN2C(=O)c3ccccc3Sc3ncccc32)cc1. The largest absolute Gasteiger partial charge is 0.326 e.